The normalized spacial score (nSPS) is 14.2. The maximum Gasteiger partial charge on any atom is 0.160 e. The second kappa shape index (κ2) is 3.87. The fourth-order valence-corrected chi connectivity index (χ4v) is 3.11. The monoisotopic (exact) mass is 283 g/mol. The van der Waals surface area contributed by atoms with Gasteiger partial charge in [0.2, 0.25) is 0 Å². The number of aromatic hydroxyl groups is 1. The topological polar surface area (TPSA) is 53.1 Å². The summed E-state index contributed by atoms with van der Waals surface area (Å²) in [5.74, 6) is 0.282. The Labute approximate surface area is 119 Å². The van der Waals surface area contributed by atoms with E-state index < -0.39 is 0 Å². The molecule has 98 valence electrons. The number of pyridine rings is 1. The summed E-state index contributed by atoms with van der Waals surface area (Å²) in [5.41, 5.74) is 4.70. The molecular weight excluding hydrogens is 274 g/mol. The minimum atomic E-state index is 0.103. The molecule has 4 rings (SSSR count). The third-order valence-corrected chi connectivity index (χ3v) is 4.15. The molecule has 0 bridgehead atoms. The van der Waals surface area contributed by atoms with E-state index in [1.54, 1.807) is 24.3 Å². The van der Waals surface area contributed by atoms with Crippen LogP contribution in [-0.2, 0) is 11.2 Å². The summed E-state index contributed by atoms with van der Waals surface area (Å²) in [6.45, 7) is 0. The molecule has 1 aromatic carbocycles. The smallest absolute Gasteiger partial charge is 0.160 e. The first kappa shape index (κ1) is 11.6. The first-order valence-electron chi connectivity index (χ1n) is 6.30. The number of rotatable bonds is 0. The third kappa shape index (κ3) is 1.50. The number of carbonyl (C=O) groups excluding carboxylic acids is 1. The van der Waals surface area contributed by atoms with Gasteiger partial charge in [0.15, 0.2) is 5.78 Å². The van der Waals surface area contributed by atoms with E-state index in [4.69, 9.17) is 11.6 Å². The zero-order valence-electron chi connectivity index (χ0n) is 10.4. The van der Waals surface area contributed by atoms with E-state index >= 15 is 0 Å². The molecule has 0 amide bonds. The number of H-pyrrole nitrogens is 1. The average Bonchev–Trinajstić information content (AvgIpc) is 2.78. The van der Waals surface area contributed by atoms with Gasteiger partial charge < -0.3 is 10.1 Å². The van der Waals surface area contributed by atoms with E-state index in [9.17, 15) is 9.90 Å². The Morgan fingerprint density at radius 3 is 2.90 bits per heavy atom. The molecule has 1 heterocycles. The van der Waals surface area contributed by atoms with Crippen LogP contribution in [0.2, 0.25) is 5.02 Å². The van der Waals surface area contributed by atoms with Crippen LogP contribution in [0.4, 0.5) is 0 Å². The largest absolute Gasteiger partial charge is 0.508 e. The maximum atomic E-state index is 11.5. The van der Waals surface area contributed by atoms with E-state index in [1.165, 1.54) is 0 Å². The lowest BCUT2D eigenvalue weighted by molar-refractivity contribution is -0.114. The number of aromatic nitrogens is 1. The molecule has 1 aliphatic heterocycles. The molecule has 0 unspecified atom stereocenters. The molecule has 0 saturated carbocycles. The van der Waals surface area contributed by atoms with Gasteiger partial charge in [-0.2, -0.15) is 0 Å². The van der Waals surface area contributed by atoms with Gasteiger partial charge in [-0.15, -0.1) is 0 Å². The van der Waals surface area contributed by atoms with Crippen molar-refractivity contribution in [3.05, 3.63) is 46.5 Å². The van der Waals surface area contributed by atoms with Crippen LogP contribution >= 0.6 is 11.6 Å². The zero-order chi connectivity index (χ0) is 13.9. The van der Waals surface area contributed by atoms with Crippen molar-refractivity contribution in [1.29, 1.82) is 0 Å². The number of benzene rings is 1. The fourth-order valence-electron chi connectivity index (χ4n) is 2.80. The predicted molar refractivity (Wildman–Crippen MR) is 79.3 cm³/mol. The van der Waals surface area contributed by atoms with Gasteiger partial charge in [-0.1, -0.05) is 11.6 Å². The summed E-state index contributed by atoms with van der Waals surface area (Å²) in [5, 5.41) is 11.0. The zero-order valence-corrected chi connectivity index (χ0v) is 11.2. The lowest BCUT2D eigenvalue weighted by atomic mass is 10.0. The molecule has 2 N–H and O–H groups in total. The predicted octanol–water partition coefficient (Wildman–Crippen LogP) is 3.77. The number of fused-ring (bicyclic) bond motifs is 4. The molecule has 2 aliphatic carbocycles. The first-order chi connectivity index (χ1) is 9.63. The van der Waals surface area contributed by atoms with Crippen molar-refractivity contribution < 1.29 is 9.90 Å². The van der Waals surface area contributed by atoms with Crippen LogP contribution in [-0.4, -0.2) is 15.9 Å². The second-order valence-electron chi connectivity index (χ2n) is 5.02. The number of nitrogens with one attached hydrogen (secondary N) is 1. The number of carbonyl (C=O) groups is 1. The first-order valence-corrected chi connectivity index (χ1v) is 6.68. The highest BCUT2D eigenvalue weighted by Crippen LogP contribution is 2.42. The van der Waals surface area contributed by atoms with Gasteiger partial charge in [0, 0.05) is 28.5 Å². The Kier molecular flexibility index (Phi) is 2.24. The Morgan fingerprint density at radius 2 is 2.05 bits per heavy atom. The van der Waals surface area contributed by atoms with Gasteiger partial charge in [0.05, 0.1) is 10.7 Å². The van der Waals surface area contributed by atoms with Crippen molar-refractivity contribution in [2.75, 3.05) is 0 Å². The van der Waals surface area contributed by atoms with E-state index in [-0.39, 0.29) is 11.5 Å². The number of allylic oxidation sites excluding steroid dienone is 1. The number of halogens is 1. The van der Waals surface area contributed by atoms with Gasteiger partial charge in [-0.25, -0.2) is 0 Å². The second-order valence-corrected chi connectivity index (χ2v) is 5.40. The summed E-state index contributed by atoms with van der Waals surface area (Å²) in [4.78, 5) is 14.8. The molecule has 0 atom stereocenters. The Morgan fingerprint density at radius 1 is 1.20 bits per heavy atom. The van der Waals surface area contributed by atoms with Crippen LogP contribution in [0.5, 0.6) is 5.75 Å². The molecule has 20 heavy (non-hydrogen) atoms. The Balaban J connectivity index is 2.13. The third-order valence-electron chi connectivity index (χ3n) is 3.74. The van der Waals surface area contributed by atoms with E-state index in [0.29, 0.717) is 11.4 Å². The molecule has 3 aliphatic rings. The van der Waals surface area contributed by atoms with Crippen molar-refractivity contribution in [3.63, 3.8) is 0 Å². The summed E-state index contributed by atoms with van der Waals surface area (Å²) in [6, 6.07) is 7.01. The number of aromatic amines is 1. The van der Waals surface area contributed by atoms with Crippen LogP contribution in [0.15, 0.2) is 30.3 Å². The standard InChI is InChI=1S/C16H10ClNO2/c17-15-12-7-10(20)2-4-14(12)18-16-11-3-1-9(19)5-8(11)6-13(15)16/h1-4,6-7,18,20H,5H2. The van der Waals surface area contributed by atoms with Crippen LogP contribution in [0.25, 0.3) is 28.2 Å². The number of phenols is 1. The SMILES string of the molecule is O=C1C=Cc2c(cc3c(Cl)c4cc(O)ccc4[nH]c2-3)C1. The van der Waals surface area contributed by atoms with Crippen molar-refractivity contribution in [2.24, 2.45) is 0 Å². The van der Waals surface area contributed by atoms with E-state index in [0.717, 1.165) is 33.3 Å². The Bertz CT molecular complexity index is 876. The summed E-state index contributed by atoms with van der Waals surface area (Å²) < 4.78 is 0. The van der Waals surface area contributed by atoms with Crippen molar-refractivity contribution in [3.8, 4) is 17.0 Å². The van der Waals surface area contributed by atoms with Gasteiger partial charge in [0.25, 0.3) is 0 Å². The molecule has 4 heteroatoms. The highest BCUT2D eigenvalue weighted by atomic mass is 35.5. The van der Waals surface area contributed by atoms with Crippen molar-refractivity contribution in [2.45, 2.75) is 6.42 Å². The van der Waals surface area contributed by atoms with Crippen LogP contribution in [0.3, 0.4) is 0 Å². The van der Waals surface area contributed by atoms with Crippen LogP contribution < -0.4 is 0 Å². The van der Waals surface area contributed by atoms with Crippen molar-refractivity contribution in [1.82, 2.24) is 4.98 Å². The summed E-state index contributed by atoms with van der Waals surface area (Å²) >= 11 is 6.46. The molecule has 0 radical (unpaired) electrons. The lowest BCUT2D eigenvalue weighted by Crippen LogP contribution is -2.02. The van der Waals surface area contributed by atoms with E-state index in [2.05, 4.69) is 4.98 Å². The van der Waals surface area contributed by atoms with Crippen LogP contribution in [0.1, 0.15) is 11.1 Å². The number of ketones is 1. The highest BCUT2D eigenvalue weighted by Gasteiger charge is 2.23. The van der Waals surface area contributed by atoms with E-state index in [1.807, 2.05) is 12.1 Å². The van der Waals surface area contributed by atoms with Gasteiger partial charge >= 0.3 is 0 Å². The quantitative estimate of drug-likeness (QED) is 0.660. The highest BCUT2D eigenvalue weighted by molar-refractivity contribution is 6.38. The molecular formula is C16H10ClNO2. The molecule has 0 fully saturated rings. The molecule has 1 aromatic rings. The number of hydrogen-bond donors (Lipinski definition) is 2. The Hall–Kier alpha value is -2.26. The summed E-state index contributed by atoms with van der Waals surface area (Å²) in [6.07, 6.45) is 3.85. The molecule has 0 saturated heterocycles. The van der Waals surface area contributed by atoms with Gasteiger partial charge in [0.1, 0.15) is 5.75 Å². The summed E-state index contributed by atoms with van der Waals surface area (Å²) in [7, 11) is 0. The minimum absolute atomic E-state index is 0.103. The maximum absolute atomic E-state index is 11.5. The number of hydrogen-bond acceptors (Lipinski definition) is 2. The van der Waals surface area contributed by atoms with Crippen molar-refractivity contribution >= 4 is 34.4 Å². The van der Waals surface area contributed by atoms with Gasteiger partial charge in [-0.3, -0.25) is 4.79 Å². The minimum Gasteiger partial charge on any atom is -0.508 e. The fraction of sp³-hybridized carbons (Fsp3) is 0.0625. The molecule has 0 aromatic heterocycles. The number of phenolic OH excluding ortho intramolecular Hbond substituents is 1. The van der Waals surface area contributed by atoms with Crippen LogP contribution in [0, 0.1) is 0 Å². The molecule has 0 spiro atoms. The average molecular weight is 284 g/mol. The lowest BCUT2D eigenvalue weighted by Gasteiger charge is -2.10. The van der Waals surface area contributed by atoms with Gasteiger partial charge in [-0.05, 0) is 42.0 Å². The molecule has 3 nitrogen and oxygen atoms in total.